The van der Waals surface area contributed by atoms with Gasteiger partial charge < -0.3 is 14.8 Å². The number of hydrogen-bond acceptors (Lipinski definition) is 8. The minimum atomic E-state index is -2.95. The zero-order valence-corrected chi connectivity index (χ0v) is 20.5. The van der Waals surface area contributed by atoms with Crippen LogP contribution in [-0.2, 0) is 14.5 Å². The number of carbonyl (C=O) groups is 1. The maximum atomic E-state index is 12.9. The van der Waals surface area contributed by atoms with E-state index in [-0.39, 0.29) is 6.61 Å². The Morgan fingerprint density at radius 1 is 1.15 bits per heavy atom. The Morgan fingerprint density at radius 2 is 1.91 bits per heavy atom. The van der Waals surface area contributed by atoms with Crippen molar-refractivity contribution in [3.05, 3.63) is 54.7 Å². The van der Waals surface area contributed by atoms with Gasteiger partial charge in [0.25, 0.3) is 0 Å². The monoisotopic (exact) mass is 486 g/mol. The lowest BCUT2D eigenvalue weighted by Gasteiger charge is -2.12. The quantitative estimate of drug-likeness (QED) is 0.323. The Bertz CT molecular complexity index is 1240. The molecule has 2 aromatic carbocycles. The minimum Gasteiger partial charge on any atom is -0.494 e. The summed E-state index contributed by atoms with van der Waals surface area (Å²) in [5.41, 5.74) is 2.53. The Balaban J connectivity index is 1.85. The van der Waals surface area contributed by atoms with Crippen molar-refractivity contribution in [2.24, 2.45) is 4.36 Å². The van der Waals surface area contributed by atoms with Crippen LogP contribution in [0.5, 0.6) is 5.75 Å². The maximum Gasteiger partial charge on any atom is 0.442 e. The van der Waals surface area contributed by atoms with Crippen LogP contribution in [0.2, 0.25) is 0 Å². The van der Waals surface area contributed by atoms with Gasteiger partial charge in [-0.3, -0.25) is 0 Å². The Labute approximate surface area is 198 Å². The van der Waals surface area contributed by atoms with Crippen LogP contribution in [0.15, 0.2) is 69.0 Å². The van der Waals surface area contributed by atoms with Crippen LogP contribution in [-0.4, -0.2) is 46.0 Å². The van der Waals surface area contributed by atoms with Gasteiger partial charge in [-0.15, -0.1) is 16.1 Å². The first-order valence-corrected chi connectivity index (χ1v) is 13.4. The molecule has 0 saturated heterocycles. The first-order chi connectivity index (χ1) is 15.9. The number of nitrogens with zero attached hydrogens (tertiary/aromatic N) is 3. The van der Waals surface area contributed by atoms with E-state index in [1.54, 1.807) is 37.4 Å². The number of aromatic nitrogens is 2. The van der Waals surface area contributed by atoms with Gasteiger partial charge >= 0.3 is 6.09 Å². The number of amides is 1. The van der Waals surface area contributed by atoms with Crippen molar-refractivity contribution in [1.29, 1.82) is 0 Å². The molecule has 8 nitrogen and oxygen atoms in total. The van der Waals surface area contributed by atoms with E-state index in [2.05, 4.69) is 19.6 Å². The van der Waals surface area contributed by atoms with E-state index in [0.29, 0.717) is 23.1 Å². The lowest BCUT2D eigenvalue weighted by molar-refractivity contribution is 0.164. The first-order valence-electron chi connectivity index (χ1n) is 10.3. The maximum absolute atomic E-state index is 12.9. The number of nitrogens with one attached hydrogen (secondary N) is 1. The molecule has 1 unspecified atom stereocenters. The number of ether oxygens (including phenoxy) is 2. The molecule has 1 amide bonds. The van der Waals surface area contributed by atoms with E-state index in [0.717, 1.165) is 21.9 Å². The zero-order chi connectivity index (χ0) is 23.8. The molecule has 174 valence electrons. The van der Waals surface area contributed by atoms with Crippen LogP contribution in [0.3, 0.4) is 0 Å². The summed E-state index contributed by atoms with van der Waals surface area (Å²) in [5, 5.41) is 3.94. The highest BCUT2D eigenvalue weighted by molar-refractivity contribution is 7.98. The standard InChI is InChI=1S/C23H26N4O4S2/c1-5-30-18-12-10-16(11-13-18)20-15-24-22(26-21(20)32-3)25-17-8-7-9-19(14-17)33(4,29)27-23(28)31-6-2/h7-15H,5-6H2,1-4H3,(H,24,25,26). The molecule has 0 aliphatic carbocycles. The second kappa shape index (κ2) is 11.2. The van der Waals surface area contributed by atoms with Crippen molar-refractivity contribution in [3.63, 3.8) is 0 Å². The molecule has 0 fully saturated rings. The number of anilines is 2. The lowest BCUT2D eigenvalue weighted by atomic mass is 10.1. The number of rotatable bonds is 8. The van der Waals surface area contributed by atoms with E-state index in [1.165, 1.54) is 18.0 Å². The Morgan fingerprint density at radius 3 is 2.58 bits per heavy atom. The molecule has 1 N–H and O–H groups in total. The molecule has 0 radical (unpaired) electrons. The molecule has 0 bridgehead atoms. The fourth-order valence-electron chi connectivity index (χ4n) is 2.96. The number of hydrogen-bond donors (Lipinski definition) is 1. The van der Waals surface area contributed by atoms with Crippen molar-refractivity contribution in [3.8, 4) is 16.9 Å². The summed E-state index contributed by atoms with van der Waals surface area (Å²) < 4.78 is 26.9. The molecule has 0 spiro atoms. The number of thioether (sulfide) groups is 1. The fourth-order valence-corrected chi connectivity index (χ4v) is 4.65. The normalized spacial score (nSPS) is 12.5. The minimum absolute atomic E-state index is 0.168. The van der Waals surface area contributed by atoms with Gasteiger partial charge in [-0.25, -0.2) is 19.0 Å². The summed E-state index contributed by atoms with van der Waals surface area (Å²) in [5.74, 6) is 1.21. The van der Waals surface area contributed by atoms with Crippen LogP contribution in [0.1, 0.15) is 13.8 Å². The lowest BCUT2D eigenvalue weighted by Crippen LogP contribution is -2.06. The summed E-state index contributed by atoms with van der Waals surface area (Å²) in [7, 11) is -2.95. The smallest absolute Gasteiger partial charge is 0.442 e. The van der Waals surface area contributed by atoms with Crippen LogP contribution in [0, 0.1) is 0 Å². The van der Waals surface area contributed by atoms with Gasteiger partial charge in [0.05, 0.1) is 22.9 Å². The molecule has 33 heavy (non-hydrogen) atoms. The predicted octanol–water partition coefficient (Wildman–Crippen LogP) is 5.62. The van der Waals surface area contributed by atoms with Gasteiger partial charge in [-0.1, -0.05) is 18.2 Å². The van der Waals surface area contributed by atoms with Gasteiger partial charge in [0.15, 0.2) is 0 Å². The molecular weight excluding hydrogens is 460 g/mol. The molecular formula is C23H26N4O4S2. The van der Waals surface area contributed by atoms with Gasteiger partial charge in [0, 0.05) is 28.6 Å². The third kappa shape index (κ3) is 6.45. The fraction of sp³-hybridized carbons (Fsp3) is 0.261. The second-order valence-corrected chi connectivity index (χ2v) is 9.87. The van der Waals surface area contributed by atoms with Gasteiger partial charge in [0.1, 0.15) is 10.8 Å². The first kappa shape index (κ1) is 24.5. The molecule has 1 aromatic heterocycles. The van der Waals surface area contributed by atoms with Crippen LogP contribution in [0.4, 0.5) is 16.4 Å². The SMILES string of the molecule is CCOC(=O)N=S(C)(=O)c1cccc(Nc2ncc(-c3ccc(OCC)cc3)c(SC)n2)c1. The van der Waals surface area contributed by atoms with Gasteiger partial charge in [-0.2, -0.15) is 0 Å². The average molecular weight is 487 g/mol. The van der Waals surface area contributed by atoms with E-state index in [4.69, 9.17) is 9.47 Å². The molecule has 0 aliphatic rings. The molecule has 1 heterocycles. The summed E-state index contributed by atoms with van der Waals surface area (Å²) in [6.07, 6.45) is 4.27. The highest BCUT2D eigenvalue weighted by Gasteiger charge is 2.13. The third-order valence-electron chi connectivity index (χ3n) is 4.47. The third-order valence-corrected chi connectivity index (χ3v) is 6.79. The number of carbonyl (C=O) groups excluding carboxylic acids is 1. The summed E-state index contributed by atoms with van der Waals surface area (Å²) in [6.45, 7) is 4.40. The predicted molar refractivity (Wildman–Crippen MR) is 132 cm³/mol. The van der Waals surface area contributed by atoms with Crippen molar-refractivity contribution in [2.75, 3.05) is 31.0 Å². The van der Waals surface area contributed by atoms with E-state index in [9.17, 15) is 9.00 Å². The van der Waals surface area contributed by atoms with E-state index in [1.807, 2.05) is 37.4 Å². The van der Waals surface area contributed by atoms with Crippen LogP contribution in [0.25, 0.3) is 11.1 Å². The van der Waals surface area contributed by atoms with Gasteiger partial charge in [0.2, 0.25) is 5.95 Å². The van der Waals surface area contributed by atoms with E-state index < -0.39 is 15.8 Å². The molecule has 3 aromatic rings. The van der Waals surface area contributed by atoms with Crippen LogP contribution >= 0.6 is 11.8 Å². The molecule has 10 heteroatoms. The van der Waals surface area contributed by atoms with E-state index >= 15 is 0 Å². The van der Waals surface area contributed by atoms with Gasteiger partial charge in [-0.05, 0) is 56.0 Å². The summed E-state index contributed by atoms with van der Waals surface area (Å²) >= 11 is 1.51. The van der Waals surface area contributed by atoms with Crippen molar-refractivity contribution >= 4 is 39.2 Å². The molecule has 1 atom stereocenters. The summed E-state index contributed by atoms with van der Waals surface area (Å²) in [6, 6.07) is 14.6. The Kier molecular flexibility index (Phi) is 8.29. The van der Waals surface area contributed by atoms with Crippen molar-refractivity contribution in [1.82, 2.24) is 9.97 Å². The topological polar surface area (TPSA) is 103 Å². The average Bonchev–Trinajstić information content (AvgIpc) is 2.80. The number of benzene rings is 2. The molecule has 3 rings (SSSR count). The zero-order valence-electron chi connectivity index (χ0n) is 18.9. The highest BCUT2D eigenvalue weighted by atomic mass is 32.2. The van der Waals surface area contributed by atoms with Crippen molar-refractivity contribution < 1.29 is 18.5 Å². The second-order valence-electron chi connectivity index (χ2n) is 6.82. The van der Waals surface area contributed by atoms with Crippen LogP contribution < -0.4 is 10.1 Å². The largest absolute Gasteiger partial charge is 0.494 e. The molecule has 0 aliphatic heterocycles. The Hall–Kier alpha value is -3.11. The highest BCUT2D eigenvalue weighted by Crippen LogP contribution is 2.31. The molecule has 0 saturated carbocycles. The van der Waals surface area contributed by atoms with Crippen molar-refractivity contribution in [2.45, 2.75) is 23.8 Å². The summed E-state index contributed by atoms with van der Waals surface area (Å²) in [4.78, 5) is 21.1.